The van der Waals surface area contributed by atoms with Gasteiger partial charge in [0.15, 0.2) is 0 Å². The van der Waals surface area contributed by atoms with Gasteiger partial charge in [0.1, 0.15) is 0 Å². The highest BCUT2D eigenvalue weighted by molar-refractivity contribution is 5.82. The van der Waals surface area contributed by atoms with Crippen LogP contribution in [0.25, 0.3) is 0 Å². The van der Waals surface area contributed by atoms with Gasteiger partial charge in [-0.15, -0.1) is 0 Å². The Balaban J connectivity index is 1.94. The van der Waals surface area contributed by atoms with Gasteiger partial charge in [0.2, 0.25) is 5.91 Å². The number of hydrogen-bond acceptors (Lipinski definition) is 3. The average Bonchev–Trinajstić information content (AvgIpc) is 2.38. The van der Waals surface area contributed by atoms with Gasteiger partial charge in [0.05, 0.1) is 0 Å². The van der Waals surface area contributed by atoms with Crippen LogP contribution in [0.5, 0.6) is 0 Å². The molecule has 0 radical (unpaired) electrons. The molecule has 1 aliphatic rings. The van der Waals surface area contributed by atoms with Gasteiger partial charge in [-0.1, -0.05) is 6.92 Å². The molecule has 0 aliphatic carbocycles. The summed E-state index contributed by atoms with van der Waals surface area (Å²) in [4.78, 5) is 16.3. The highest BCUT2D eigenvalue weighted by Crippen LogP contribution is 2.28. The molecule has 2 heterocycles. The first-order valence-corrected chi connectivity index (χ1v) is 6.50. The van der Waals surface area contributed by atoms with Crippen molar-refractivity contribution in [3.63, 3.8) is 0 Å². The molecular weight excluding hydrogens is 226 g/mol. The summed E-state index contributed by atoms with van der Waals surface area (Å²) < 4.78 is 0. The molecule has 2 rings (SSSR count). The SMILES string of the molecule is Cc1ccncc1CNC(=O)C1(C)CCNCC1. The summed E-state index contributed by atoms with van der Waals surface area (Å²) in [5.74, 6) is 0.159. The van der Waals surface area contributed by atoms with Crippen molar-refractivity contribution in [1.29, 1.82) is 0 Å². The van der Waals surface area contributed by atoms with Crippen LogP contribution in [0, 0.1) is 12.3 Å². The zero-order valence-corrected chi connectivity index (χ0v) is 11.1. The van der Waals surface area contributed by atoms with Crippen LogP contribution in [0.3, 0.4) is 0 Å². The third-order valence-electron chi connectivity index (χ3n) is 3.84. The molecule has 98 valence electrons. The fourth-order valence-electron chi connectivity index (χ4n) is 2.28. The molecule has 1 fully saturated rings. The Morgan fingerprint density at radius 1 is 1.50 bits per heavy atom. The fourth-order valence-corrected chi connectivity index (χ4v) is 2.28. The van der Waals surface area contributed by atoms with Gasteiger partial charge in [-0.25, -0.2) is 0 Å². The van der Waals surface area contributed by atoms with E-state index in [-0.39, 0.29) is 11.3 Å². The van der Waals surface area contributed by atoms with Gasteiger partial charge in [0.25, 0.3) is 0 Å². The lowest BCUT2D eigenvalue weighted by molar-refractivity contribution is -0.131. The number of aryl methyl sites for hydroxylation is 1. The Kier molecular flexibility index (Phi) is 3.97. The number of nitrogens with zero attached hydrogens (tertiary/aromatic N) is 1. The molecule has 0 unspecified atom stereocenters. The van der Waals surface area contributed by atoms with Gasteiger partial charge < -0.3 is 10.6 Å². The van der Waals surface area contributed by atoms with E-state index in [2.05, 4.69) is 22.5 Å². The fraction of sp³-hybridized carbons (Fsp3) is 0.571. The van der Waals surface area contributed by atoms with Crippen molar-refractivity contribution in [2.45, 2.75) is 33.2 Å². The van der Waals surface area contributed by atoms with Gasteiger partial charge in [-0.05, 0) is 50.0 Å². The molecule has 18 heavy (non-hydrogen) atoms. The largest absolute Gasteiger partial charge is 0.351 e. The summed E-state index contributed by atoms with van der Waals surface area (Å²) in [6.07, 6.45) is 5.41. The van der Waals surface area contributed by atoms with Gasteiger partial charge in [0, 0.05) is 24.4 Å². The Morgan fingerprint density at radius 2 is 2.22 bits per heavy atom. The van der Waals surface area contributed by atoms with Crippen molar-refractivity contribution < 1.29 is 4.79 Å². The third-order valence-corrected chi connectivity index (χ3v) is 3.84. The van der Waals surface area contributed by atoms with E-state index >= 15 is 0 Å². The van der Waals surface area contributed by atoms with Gasteiger partial charge in [-0.3, -0.25) is 9.78 Å². The van der Waals surface area contributed by atoms with Crippen LogP contribution in [-0.4, -0.2) is 24.0 Å². The van der Waals surface area contributed by atoms with Crippen LogP contribution >= 0.6 is 0 Å². The third kappa shape index (κ3) is 2.88. The number of aromatic nitrogens is 1. The van der Waals surface area contributed by atoms with Crippen molar-refractivity contribution in [1.82, 2.24) is 15.6 Å². The molecule has 0 bridgehead atoms. The van der Waals surface area contributed by atoms with Gasteiger partial charge in [-0.2, -0.15) is 0 Å². The quantitative estimate of drug-likeness (QED) is 0.849. The van der Waals surface area contributed by atoms with Crippen LogP contribution in [0.1, 0.15) is 30.9 Å². The standard InChI is InChI=1S/C14H21N3O/c1-11-3-6-16-9-12(11)10-17-13(18)14(2)4-7-15-8-5-14/h3,6,9,15H,4-5,7-8,10H2,1-2H3,(H,17,18). The lowest BCUT2D eigenvalue weighted by atomic mass is 9.80. The lowest BCUT2D eigenvalue weighted by Gasteiger charge is -2.32. The normalized spacial score (nSPS) is 18.3. The topological polar surface area (TPSA) is 54.0 Å². The highest BCUT2D eigenvalue weighted by atomic mass is 16.2. The van der Waals surface area contributed by atoms with E-state index in [9.17, 15) is 4.79 Å². The molecule has 0 spiro atoms. The summed E-state index contributed by atoms with van der Waals surface area (Å²) in [5.41, 5.74) is 2.03. The first-order valence-electron chi connectivity index (χ1n) is 6.50. The number of rotatable bonds is 3. The van der Waals surface area contributed by atoms with E-state index in [1.807, 2.05) is 19.2 Å². The van der Waals surface area contributed by atoms with Crippen molar-refractivity contribution in [2.75, 3.05) is 13.1 Å². The maximum atomic E-state index is 12.2. The molecule has 1 aliphatic heterocycles. The molecule has 0 atom stereocenters. The molecule has 1 amide bonds. The Bertz CT molecular complexity index is 425. The molecular formula is C14H21N3O. The number of hydrogen-bond donors (Lipinski definition) is 2. The zero-order valence-electron chi connectivity index (χ0n) is 11.1. The maximum Gasteiger partial charge on any atom is 0.226 e. The summed E-state index contributed by atoms with van der Waals surface area (Å²) in [6.45, 7) is 6.52. The second-order valence-electron chi connectivity index (χ2n) is 5.30. The smallest absolute Gasteiger partial charge is 0.226 e. The van der Waals surface area contributed by atoms with E-state index in [1.54, 1.807) is 6.20 Å². The molecule has 2 N–H and O–H groups in total. The average molecular weight is 247 g/mol. The summed E-state index contributed by atoms with van der Waals surface area (Å²) in [6, 6.07) is 1.97. The second kappa shape index (κ2) is 5.48. The number of piperidine rings is 1. The molecule has 4 nitrogen and oxygen atoms in total. The molecule has 4 heteroatoms. The first-order chi connectivity index (χ1) is 8.62. The monoisotopic (exact) mass is 247 g/mol. The number of nitrogens with one attached hydrogen (secondary N) is 2. The second-order valence-corrected chi connectivity index (χ2v) is 5.30. The molecule has 1 saturated heterocycles. The Hall–Kier alpha value is -1.42. The minimum absolute atomic E-state index is 0.159. The van der Waals surface area contributed by atoms with Gasteiger partial charge >= 0.3 is 0 Å². The van der Waals surface area contributed by atoms with E-state index in [0.717, 1.165) is 31.5 Å². The van der Waals surface area contributed by atoms with E-state index in [4.69, 9.17) is 0 Å². The maximum absolute atomic E-state index is 12.2. The molecule has 0 saturated carbocycles. The summed E-state index contributed by atoms with van der Waals surface area (Å²) in [5, 5.41) is 6.33. The van der Waals surface area contributed by atoms with Crippen LogP contribution in [0.2, 0.25) is 0 Å². The predicted octanol–water partition coefficient (Wildman–Crippen LogP) is 1.40. The van der Waals surface area contributed by atoms with Crippen molar-refractivity contribution in [3.05, 3.63) is 29.6 Å². The first kappa shape index (κ1) is 13.0. The van der Waals surface area contributed by atoms with Crippen molar-refractivity contribution in [3.8, 4) is 0 Å². The number of pyridine rings is 1. The van der Waals surface area contributed by atoms with E-state index in [0.29, 0.717) is 6.54 Å². The number of amides is 1. The van der Waals surface area contributed by atoms with Crippen LogP contribution in [0.15, 0.2) is 18.5 Å². The number of carbonyl (C=O) groups is 1. The predicted molar refractivity (Wildman–Crippen MR) is 71.0 cm³/mol. The minimum Gasteiger partial charge on any atom is -0.351 e. The Morgan fingerprint density at radius 3 is 2.89 bits per heavy atom. The summed E-state index contributed by atoms with van der Waals surface area (Å²) in [7, 11) is 0. The Labute approximate surface area is 108 Å². The molecule has 0 aromatic carbocycles. The summed E-state index contributed by atoms with van der Waals surface area (Å²) >= 11 is 0. The number of carbonyl (C=O) groups excluding carboxylic acids is 1. The molecule has 1 aromatic heterocycles. The van der Waals surface area contributed by atoms with Crippen LogP contribution in [0.4, 0.5) is 0 Å². The van der Waals surface area contributed by atoms with E-state index < -0.39 is 0 Å². The van der Waals surface area contributed by atoms with Crippen LogP contribution in [-0.2, 0) is 11.3 Å². The van der Waals surface area contributed by atoms with Crippen molar-refractivity contribution >= 4 is 5.91 Å². The van der Waals surface area contributed by atoms with Crippen LogP contribution < -0.4 is 10.6 Å². The van der Waals surface area contributed by atoms with Crippen molar-refractivity contribution in [2.24, 2.45) is 5.41 Å². The lowest BCUT2D eigenvalue weighted by Crippen LogP contribution is -2.45. The van der Waals surface area contributed by atoms with E-state index in [1.165, 1.54) is 5.56 Å². The zero-order chi connectivity index (χ0) is 13.0. The highest BCUT2D eigenvalue weighted by Gasteiger charge is 2.34. The molecule has 1 aromatic rings. The minimum atomic E-state index is -0.221.